The van der Waals surface area contributed by atoms with Gasteiger partial charge in [-0.25, -0.2) is 9.97 Å². The molecule has 5 heteroatoms. The van der Waals surface area contributed by atoms with Gasteiger partial charge >= 0.3 is 0 Å². The van der Waals surface area contributed by atoms with Crippen LogP contribution in [0.4, 0.5) is 5.82 Å². The Morgan fingerprint density at radius 2 is 2.12 bits per heavy atom. The maximum Gasteiger partial charge on any atom is 0.182 e. The molecular weight excluding hydrogens is 214 g/mol. The van der Waals surface area contributed by atoms with Crippen LogP contribution in [0.1, 0.15) is 18.2 Å². The smallest absolute Gasteiger partial charge is 0.182 e. The molecule has 0 unspecified atom stereocenters. The first-order chi connectivity index (χ1) is 8.15. The fourth-order valence-corrected chi connectivity index (χ4v) is 1.80. The highest BCUT2D eigenvalue weighted by molar-refractivity contribution is 5.55. The molecule has 0 amide bonds. The zero-order valence-electron chi connectivity index (χ0n) is 10.7. The minimum atomic E-state index is 0.678. The summed E-state index contributed by atoms with van der Waals surface area (Å²) in [5.74, 6) is 1.55. The van der Waals surface area contributed by atoms with Gasteiger partial charge in [0, 0.05) is 31.5 Å². The highest BCUT2D eigenvalue weighted by Gasteiger charge is 2.11. The molecule has 2 heterocycles. The van der Waals surface area contributed by atoms with Gasteiger partial charge in [0.2, 0.25) is 0 Å². The summed E-state index contributed by atoms with van der Waals surface area (Å²) >= 11 is 0. The second-order valence-corrected chi connectivity index (χ2v) is 3.95. The van der Waals surface area contributed by atoms with Gasteiger partial charge in [0.1, 0.15) is 11.5 Å². The van der Waals surface area contributed by atoms with Gasteiger partial charge in [0.05, 0.1) is 0 Å². The summed E-state index contributed by atoms with van der Waals surface area (Å²) in [4.78, 5) is 9.04. The summed E-state index contributed by atoms with van der Waals surface area (Å²) < 4.78 is 1.75. The monoisotopic (exact) mass is 231 g/mol. The zero-order chi connectivity index (χ0) is 12.4. The van der Waals surface area contributed by atoms with Crippen molar-refractivity contribution < 1.29 is 0 Å². The summed E-state index contributed by atoms with van der Waals surface area (Å²) in [5.41, 5.74) is 2.97. The van der Waals surface area contributed by atoms with E-state index < -0.39 is 0 Å². The first kappa shape index (κ1) is 11.6. The Morgan fingerprint density at radius 3 is 2.65 bits per heavy atom. The van der Waals surface area contributed by atoms with E-state index in [-0.39, 0.29) is 0 Å². The largest absolute Gasteiger partial charge is 0.373 e. The lowest BCUT2D eigenvalue weighted by Crippen LogP contribution is -2.05. The first-order valence-electron chi connectivity index (χ1n) is 5.71. The Kier molecular flexibility index (Phi) is 3.08. The Labute approximate surface area is 101 Å². The standard InChI is InChI=1S/C12H17N5/c1-5-9-8(2)11(13-3)15-12(14-9)10-6-7-17(4)16-10/h6-7H,5H2,1-4H3,(H,13,14,15). The van der Waals surface area contributed by atoms with Crippen LogP contribution in [0.15, 0.2) is 12.3 Å². The van der Waals surface area contributed by atoms with Crippen LogP contribution in [0.5, 0.6) is 0 Å². The van der Waals surface area contributed by atoms with Crippen molar-refractivity contribution in [3.8, 4) is 11.5 Å². The highest BCUT2D eigenvalue weighted by atomic mass is 15.3. The number of nitrogens with zero attached hydrogens (tertiary/aromatic N) is 4. The van der Waals surface area contributed by atoms with Gasteiger partial charge in [-0.2, -0.15) is 5.10 Å². The predicted octanol–water partition coefficient (Wildman–Crippen LogP) is 1.79. The molecule has 0 atom stereocenters. The molecule has 0 saturated heterocycles. The third kappa shape index (κ3) is 2.13. The fraction of sp³-hybridized carbons (Fsp3) is 0.417. The summed E-state index contributed by atoms with van der Waals surface area (Å²) in [7, 11) is 3.76. The van der Waals surface area contributed by atoms with E-state index in [1.54, 1.807) is 4.68 Å². The molecule has 0 aliphatic carbocycles. The lowest BCUT2D eigenvalue weighted by atomic mass is 10.2. The van der Waals surface area contributed by atoms with Crippen LogP contribution in [0.3, 0.4) is 0 Å². The van der Waals surface area contributed by atoms with Crippen LogP contribution in [0.2, 0.25) is 0 Å². The number of rotatable bonds is 3. The molecule has 2 aromatic heterocycles. The second kappa shape index (κ2) is 4.53. The molecule has 17 heavy (non-hydrogen) atoms. The average Bonchev–Trinajstić information content (AvgIpc) is 2.76. The Morgan fingerprint density at radius 1 is 1.35 bits per heavy atom. The van der Waals surface area contributed by atoms with Crippen molar-refractivity contribution in [3.05, 3.63) is 23.5 Å². The van der Waals surface area contributed by atoms with Crippen molar-refractivity contribution in [1.29, 1.82) is 0 Å². The van der Waals surface area contributed by atoms with Gasteiger partial charge in [-0.05, 0) is 19.4 Å². The average molecular weight is 231 g/mol. The Bertz CT molecular complexity index is 504. The Balaban J connectivity index is 2.55. The van der Waals surface area contributed by atoms with Gasteiger partial charge in [-0.15, -0.1) is 0 Å². The number of hydrogen-bond donors (Lipinski definition) is 1. The molecule has 2 rings (SSSR count). The molecule has 0 bridgehead atoms. The number of hydrogen-bond acceptors (Lipinski definition) is 4. The van der Waals surface area contributed by atoms with E-state index in [2.05, 4.69) is 27.3 Å². The normalized spacial score (nSPS) is 10.6. The van der Waals surface area contributed by atoms with E-state index in [0.717, 1.165) is 29.2 Å². The molecule has 1 N–H and O–H groups in total. The molecule has 0 aliphatic heterocycles. The van der Waals surface area contributed by atoms with Crippen LogP contribution < -0.4 is 5.32 Å². The van der Waals surface area contributed by atoms with Gasteiger partial charge in [0.25, 0.3) is 0 Å². The van der Waals surface area contributed by atoms with E-state index in [9.17, 15) is 0 Å². The van der Waals surface area contributed by atoms with E-state index >= 15 is 0 Å². The highest BCUT2D eigenvalue weighted by Crippen LogP contribution is 2.20. The molecule has 0 fully saturated rings. The van der Waals surface area contributed by atoms with Crippen LogP contribution in [-0.2, 0) is 13.5 Å². The van der Waals surface area contributed by atoms with Crippen LogP contribution in [-0.4, -0.2) is 26.8 Å². The molecule has 0 radical (unpaired) electrons. The number of nitrogens with one attached hydrogen (secondary N) is 1. The summed E-state index contributed by atoms with van der Waals surface area (Å²) in [5, 5.41) is 7.43. The van der Waals surface area contributed by atoms with Crippen molar-refractivity contribution >= 4 is 5.82 Å². The van der Waals surface area contributed by atoms with Gasteiger partial charge in [-0.3, -0.25) is 4.68 Å². The number of anilines is 1. The lowest BCUT2D eigenvalue weighted by molar-refractivity contribution is 0.768. The van der Waals surface area contributed by atoms with Crippen LogP contribution >= 0.6 is 0 Å². The van der Waals surface area contributed by atoms with E-state index in [1.165, 1.54) is 0 Å². The minimum Gasteiger partial charge on any atom is -0.373 e. The topological polar surface area (TPSA) is 55.6 Å². The summed E-state index contributed by atoms with van der Waals surface area (Å²) in [6.45, 7) is 4.13. The molecular formula is C12H17N5. The van der Waals surface area contributed by atoms with E-state index in [0.29, 0.717) is 5.82 Å². The van der Waals surface area contributed by atoms with Crippen LogP contribution in [0.25, 0.3) is 11.5 Å². The van der Waals surface area contributed by atoms with Crippen molar-refractivity contribution in [2.24, 2.45) is 7.05 Å². The quantitative estimate of drug-likeness (QED) is 0.875. The van der Waals surface area contributed by atoms with E-state index in [4.69, 9.17) is 0 Å². The van der Waals surface area contributed by atoms with Gasteiger partial charge < -0.3 is 5.32 Å². The third-order valence-corrected chi connectivity index (χ3v) is 2.76. The molecule has 0 spiro atoms. The Hall–Kier alpha value is -1.91. The molecule has 5 nitrogen and oxygen atoms in total. The van der Waals surface area contributed by atoms with Crippen molar-refractivity contribution in [2.75, 3.05) is 12.4 Å². The lowest BCUT2D eigenvalue weighted by Gasteiger charge is -2.09. The molecule has 2 aromatic rings. The fourth-order valence-electron chi connectivity index (χ4n) is 1.80. The minimum absolute atomic E-state index is 0.678. The second-order valence-electron chi connectivity index (χ2n) is 3.95. The summed E-state index contributed by atoms with van der Waals surface area (Å²) in [6, 6.07) is 1.92. The molecule has 90 valence electrons. The molecule has 0 aliphatic rings. The van der Waals surface area contributed by atoms with Gasteiger partial charge in [-0.1, -0.05) is 6.92 Å². The molecule has 0 saturated carbocycles. The summed E-state index contributed by atoms with van der Waals surface area (Å²) in [6.07, 6.45) is 2.78. The number of aryl methyl sites for hydroxylation is 2. The van der Waals surface area contributed by atoms with Crippen molar-refractivity contribution in [1.82, 2.24) is 19.7 Å². The van der Waals surface area contributed by atoms with Crippen molar-refractivity contribution in [3.63, 3.8) is 0 Å². The SMILES string of the molecule is CCc1nc(-c2ccn(C)n2)nc(NC)c1C. The number of aromatic nitrogens is 4. The van der Waals surface area contributed by atoms with E-state index in [1.807, 2.05) is 33.3 Å². The maximum atomic E-state index is 4.56. The van der Waals surface area contributed by atoms with Crippen LogP contribution in [0, 0.1) is 6.92 Å². The maximum absolute atomic E-state index is 4.56. The first-order valence-corrected chi connectivity index (χ1v) is 5.71. The van der Waals surface area contributed by atoms with Gasteiger partial charge in [0.15, 0.2) is 5.82 Å². The predicted molar refractivity (Wildman–Crippen MR) is 67.9 cm³/mol. The van der Waals surface area contributed by atoms with Crippen molar-refractivity contribution in [2.45, 2.75) is 20.3 Å². The third-order valence-electron chi connectivity index (χ3n) is 2.76. The molecule has 0 aromatic carbocycles. The zero-order valence-corrected chi connectivity index (χ0v) is 10.7.